The number of carbonyl (C=O) groups is 2. The second-order valence-electron chi connectivity index (χ2n) is 22.3. The van der Waals surface area contributed by atoms with E-state index in [1.807, 2.05) is 0 Å². The van der Waals surface area contributed by atoms with Crippen molar-refractivity contribution in [3.05, 3.63) is 0 Å². The first kappa shape index (κ1) is 94.6. The third kappa shape index (κ3) is 29.7. The Bertz CT molecular complexity index is 3230. The van der Waals surface area contributed by atoms with Crippen LogP contribution in [0.2, 0.25) is 0 Å². The fraction of sp³-hybridized carbons (Fsp3) is 0.961. The van der Waals surface area contributed by atoms with Crippen molar-refractivity contribution in [2.24, 2.45) is 0 Å². The average molecular weight is 1630 g/mol. The van der Waals surface area contributed by atoms with Crippen molar-refractivity contribution in [2.45, 2.75) is 233 Å². The molecule has 0 amide bonds. The molecule has 5 fully saturated rings. The molecule has 0 unspecified atom stereocenters. The van der Waals surface area contributed by atoms with Gasteiger partial charge in [-0.1, -0.05) is 79.1 Å². The largest absolute Gasteiger partial charge is 0.726 e. The second-order valence-corrected chi connectivity index (χ2v) is 28.4. The Hall–Kier alpha value is -2.56. The SMILES string of the molecule is CCCCCC.CCCCCC.CO[C@H]1O[C@H](COS(=O)(=O)[O-])[C@@H](O[C@@H]2O[C@@H](C(=O)[O-])[C@@H](O[C@H]3O[C@H](COS(=O)(=O)[O-])[C@@H](O[C@@H]4O[C@H](C(=O)[O-])[C@@H](O[C@H]5O[C@H](COS(=O)(=O)[O-])[C@@H](OC)[C@H](OC)[C@H]5OC)[C@H](OC)[C@H]4OC)[C@H](OS(=O)(=O)[O-])[C@H]3OS(=O)(=O)[O-])[C@H](OC)[C@H]2OC)[C@H](OC)[C@H]1OS(=O)(=O)[O-]. The van der Waals surface area contributed by atoms with Crippen molar-refractivity contribution in [3.8, 4) is 0 Å². The summed E-state index contributed by atoms with van der Waals surface area (Å²) in [5.41, 5.74) is 0. The quantitative estimate of drug-likeness (QED) is 0.0313. The lowest BCUT2D eigenvalue weighted by Crippen LogP contribution is -2.70. The minimum Gasteiger partial charge on any atom is -0.726 e. The van der Waals surface area contributed by atoms with Crippen LogP contribution in [0.25, 0.3) is 0 Å². The maximum atomic E-state index is 13.1. The molecule has 0 bridgehead atoms. The van der Waals surface area contributed by atoms with Gasteiger partial charge in [0.1, 0.15) is 110 Å². The smallest absolute Gasteiger partial charge is 0.218 e. The molecule has 25 atom stereocenters. The van der Waals surface area contributed by atoms with Crippen LogP contribution in [0, 0.1) is 0 Å². The Morgan fingerprint density at radius 2 is 0.515 bits per heavy atom. The first-order valence-corrected chi connectivity index (χ1v) is 38.7. The van der Waals surface area contributed by atoms with E-state index in [1.54, 1.807) is 0 Å². The molecule has 0 spiro atoms. The molecular weight excluding hydrogens is 1540 g/mol. The van der Waals surface area contributed by atoms with Crippen LogP contribution in [0.15, 0.2) is 0 Å². The minimum absolute atomic E-state index is 0.750. The number of carbonyl (C=O) groups excluding carboxylic acids is 2. The van der Waals surface area contributed by atoms with Gasteiger partial charge in [-0.05, 0) is 0 Å². The Morgan fingerprint density at radius 3 is 0.786 bits per heavy atom. The lowest BCUT2D eigenvalue weighted by Gasteiger charge is -2.52. The van der Waals surface area contributed by atoms with E-state index in [0.717, 1.165) is 64.0 Å². The Balaban J connectivity index is 0.00000211. The van der Waals surface area contributed by atoms with Gasteiger partial charge in [0, 0.05) is 64.0 Å². The van der Waals surface area contributed by atoms with E-state index in [-0.39, 0.29) is 0 Å². The number of carboxylic acid groups (broad SMARTS) is 2. The highest BCUT2D eigenvalue weighted by Gasteiger charge is 2.61. The van der Waals surface area contributed by atoms with E-state index in [9.17, 15) is 97.6 Å². The Kier molecular flexibility index (Phi) is 39.6. The van der Waals surface area contributed by atoms with Crippen LogP contribution in [0.4, 0.5) is 0 Å². The van der Waals surface area contributed by atoms with Crippen LogP contribution in [-0.4, -0.2) is 327 Å². The third-order valence-electron chi connectivity index (χ3n) is 15.5. The summed E-state index contributed by atoms with van der Waals surface area (Å²) in [7, 11) is -27.5. The van der Waals surface area contributed by atoms with Crippen molar-refractivity contribution >= 4 is 74.3 Å². The number of unbranched alkanes of at least 4 members (excludes halogenated alkanes) is 6. The Labute approximate surface area is 596 Å². The molecule has 0 aliphatic carbocycles. The first-order chi connectivity index (χ1) is 47.9. The van der Waals surface area contributed by atoms with Gasteiger partial charge in [-0.3, -0.25) is 25.1 Å². The molecule has 0 aromatic heterocycles. The average Bonchev–Trinajstić information content (AvgIpc) is 0.758. The molecule has 0 N–H and O–H groups in total. The molecule has 610 valence electrons. The monoisotopic (exact) mass is 1630 g/mol. The molecule has 5 rings (SSSR count). The molecular formula is C51H86O46S6-8. The van der Waals surface area contributed by atoms with Gasteiger partial charge in [0.15, 0.2) is 43.7 Å². The van der Waals surface area contributed by atoms with Gasteiger partial charge in [-0.15, -0.1) is 0 Å². The van der Waals surface area contributed by atoms with E-state index in [4.69, 9.17) is 85.3 Å². The highest BCUT2D eigenvalue weighted by atomic mass is 32.3. The Morgan fingerprint density at radius 1 is 0.282 bits per heavy atom. The summed E-state index contributed by atoms with van der Waals surface area (Å²) in [6.45, 7) is 4.64. The number of rotatable bonds is 40. The van der Waals surface area contributed by atoms with Crippen molar-refractivity contribution in [1.29, 1.82) is 0 Å². The van der Waals surface area contributed by atoms with Gasteiger partial charge in [0.05, 0.1) is 31.8 Å². The van der Waals surface area contributed by atoms with E-state index in [1.165, 1.54) is 51.4 Å². The van der Waals surface area contributed by atoms with Crippen LogP contribution in [0.1, 0.15) is 79.1 Å². The van der Waals surface area contributed by atoms with Gasteiger partial charge >= 0.3 is 0 Å². The fourth-order valence-electron chi connectivity index (χ4n) is 11.2. The van der Waals surface area contributed by atoms with E-state index >= 15 is 0 Å². The topological polar surface area (TPSA) is 645 Å². The molecule has 0 aromatic carbocycles. The molecule has 5 aliphatic rings. The molecule has 103 heavy (non-hydrogen) atoms. The van der Waals surface area contributed by atoms with Crippen LogP contribution in [-0.2, 0) is 182 Å². The zero-order valence-corrected chi connectivity index (χ0v) is 62.3. The third-order valence-corrected chi connectivity index (χ3v) is 18.2. The fourth-order valence-corrected chi connectivity index (χ4v) is 13.5. The number of hydrogen-bond donors (Lipinski definition) is 0. The van der Waals surface area contributed by atoms with E-state index in [0.29, 0.717) is 0 Å². The first-order valence-electron chi connectivity index (χ1n) is 30.7. The zero-order chi connectivity index (χ0) is 78.3. The molecule has 0 saturated carbocycles. The number of aliphatic carboxylic acids is 2. The number of methoxy groups -OCH3 is 9. The van der Waals surface area contributed by atoms with Crippen molar-refractivity contribution in [1.82, 2.24) is 0 Å². The maximum absolute atomic E-state index is 13.1. The van der Waals surface area contributed by atoms with Crippen LogP contribution in [0.3, 0.4) is 0 Å². The maximum Gasteiger partial charge on any atom is 0.218 e. The van der Waals surface area contributed by atoms with Gasteiger partial charge in [-0.2, -0.15) is 0 Å². The van der Waals surface area contributed by atoms with Crippen LogP contribution >= 0.6 is 0 Å². The molecule has 5 heterocycles. The van der Waals surface area contributed by atoms with Gasteiger partial charge < -0.3 is 132 Å². The van der Waals surface area contributed by atoms with Crippen molar-refractivity contribution < 1.29 is 208 Å². The summed E-state index contributed by atoms with van der Waals surface area (Å²) >= 11 is 0. The number of carboxylic acids is 2. The van der Waals surface area contributed by atoms with Crippen LogP contribution < -0.4 is 10.2 Å². The second kappa shape index (κ2) is 43.1. The molecule has 0 radical (unpaired) electrons. The summed E-state index contributed by atoms with van der Waals surface area (Å²) in [5, 5.41) is 26.2. The molecule has 46 nitrogen and oxygen atoms in total. The summed E-state index contributed by atoms with van der Waals surface area (Å²) < 4.78 is 344. The standard InChI is InChI=1S/C39H66O46S6.2C6H14/c1-62-16-13(10-71-86(44,45)46)75-36(28(67-6)19(16)63-2)79-23-21(65-4)30(69-8)38(82-26(23)33(40)41)78-18-15(12-73-88(50,51)52)76-39(32(85-91(59,60)61)25(18)83-89(53,54)55)80-24-22(66-5)29(68-7)37(81-27(24)34(42)43)77-17-14(11-72-87(47,48)49)74-35(70-9)31(20(17)64-3)84-90(56,57)58;2*1-3-5-6-4-2/h13-32,35-39H,10-12H2,1-9H3,(H,40,41)(H,42,43)(H,44,45,46)(H,47,48,49)(H,50,51,52)(H,53,54,55)(H,56,57,58)(H,59,60,61);2*3-6H2,1-2H3/p-8/t13-,14-,15-,16-,17-,18-,19+,20+,21+,22+,23+,24+,25+,26+,27-,28-,29-,30-,31-,32-,35+,36-,37-,38-,39-;;/m1../s1. The molecule has 52 heteroatoms. The van der Waals surface area contributed by atoms with Gasteiger partial charge in [0.25, 0.3) is 0 Å². The number of hydrogen-bond acceptors (Lipinski definition) is 46. The van der Waals surface area contributed by atoms with Gasteiger partial charge in [0.2, 0.25) is 62.4 Å². The lowest BCUT2D eigenvalue weighted by atomic mass is 9.94. The van der Waals surface area contributed by atoms with E-state index < -0.39 is 248 Å². The van der Waals surface area contributed by atoms with Crippen LogP contribution in [0.5, 0.6) is 0 Å². The zero-order valence-electron chi connectivity index (χ0n) is 57.4. The summed E-state index contributed by atoms with van der Waals surface area (Å²) in [5.74, 6) is -4.71. The summed E-state index contributed by atoms with van der Waals surface area (Å²) in [4.78, 5) is 26.2. The van der Waals surface area contributed by atoms with E-state index in [2.05, 4.69) is 52.8 Å². The highest BCUT2D eigenvalue weighted by Crippen LogP contribution is 2.41. The summed E-state index contributed by atoms with van der Waals surface area (Å²) in [6.07, 6.45) is -45.9. The van der Waals surface area contributed by atoms with Crippen molar-refractivity contribution in [3.63, 3.8) is 0 Å². The highest BCUT2D eigenvalue weighted by molar-refractivity contribution is 7.82. The molecule has 0 aromatic rings. The summed E-state index contributed by atoms with van der Waals surface area (Å²) in [6, 6.07) is 0. The predicted molar refractivity (Wildman–Crippen MR) is 316 cm³/mol. The minimum atomic E-state index is -6.45. The molecule has 5 aliphatic heterocycles. The van der Waals surface area contributed by atoms with Gasteiger partial charge in [-0.25, -0.2) is 50.5 Å². The lowest BCUT2D eigenvalue weighted by molar-refractivity contribution is -0.401. The number of ether oxygens (including phenoxy) is 18. The normalized spacial score (nSPS) is 34.9. The predicted octanol–water partition coefficient (Wildman–Crippen LogP) is -6.44. The van der Waals surface area contributed by atoms with Crippen molar-refractivity contribution in [2.75, 3.05) is 83.8 Å². The molecule has 5 saturated heterocycles.